The molecule has 102 valence electrons. The fourth-order valence-corrected chi connectivity index (χ4v) is 3.08. The number of rotatable bonds is 5. The molecule has 1 atom stereocenters. The number of nitrogens with one attached hydrogen (secondary N) is 1. The van der Waals surface area contributed by atoms with Gasteiger partial charge in [-0.05, 0) is 62.2 Å². The molecule has 0 saturated carbocycles. The Kier molecular flexibility index (Phi) is 4.72. The van der Waals surface area contributed by atoms with E-state index in [9.17, 15) is 4.39 Å². The minimum atomic E-state index is -0.174. The van der Waals surface area contributed by atoms with E-state index in [0.717, 1.165) is 29.0 Å². The van der Waals surface area contributed by atoms with E-state index in [2.05, 4.69) is 38.2 Å². The Labute approximate surface area is 118 Å². The smallest absolute Gasteiger partial charge is 0.123 e. The average molecular weight is 277 g/mol. The molecule has 0 spiro atoms. The van der Waals surface area contributed by atoms with Gasteiger partial charge >= 0.3 is 0 Å². The maximum absolute atomic E-state index is 13.5. The van der Waals surface area contributed by atoms with Crippen LogP contribution in [0.1, 0.15) is 36.8 Å². The second kappa shape index (κ2) is 6.31. The molecule has 2 aromatic rings. The lowest BCUT2D eigenvalue weighted by molar-refractivity contribution is 0.569. The molecule has 0 amide bonds. The SMILES string of the molecule is CCCNC(C)c1ccc(F)cc1-c1ccc(C)s1. The van der Waals surface area contributed by atoms with Gasteiger partial charge in [-0.2, -0.15) is 0 Å². The highest BCUT2D eigenvalue weighted by Gasteiger charge is 2.13. The Morgan fingerprint density at radius 2 is 2.05 bits per heavy atom. The monoisotopic (exact) mass is 277 g/mol. The first kappa shape index (κ1) is 14.2. The standard InChI is InChI=1S/C16H20FNS/c1-4-9-18-12(3)14-7-6-13(17)10-15(14)16-8-5-11(2)19-16/h5-8,10,12,18H,4,9H2,1-3H3. The summed E-state index contributed by atoms with van der Waals surface area (Å²) in [5, 5.41) is 3.47. The largest absolute Gasteiger partial charge is 0.310 e. The maximum atomic E-state index is 13.5. The van der Waals surface area contributed by atoms with Gasteiger partial charge in [0.25, 0.3) is 0 Å². The Balaban J connectivity index is 2.38. The summed E-state index contributed by atoms with van der Waals surface area (Å²) in [5.41, 5.74) is 2.17. The van der Waals surface area contributed by atoms with E-state index in [1.54, 1.807) is 23.5 Å². The second-order valence-electron chi connectivity index (χ2n) is 4.82. The molecule has 19 heavy (non-hydrogen) atoms. The molecule has 0 fully saturated rings. The van der Waals surface area contributed by atoms with E-state index in [1.165, 1.54) is 4.88 Å². The number of hydrogen-bond acceptors (Lipinski definition) is 2. The van der Waals surface area contributed by atoms with E-state index in [0.29, 0.717) is 0 Å². The van der Waals surface area contributed by atoms with E-state index >= 15 is 0 Å². The number of hydrogen-bond donors (Lipinski definition) is 1. The molecular formula is C16H20FNS. The van der Waals surface area contributed by atoms with Crippen molar-refractivity contribution in [3.8, 4) is 10.4 Å². The van der Waals surface area contributed by atoms with Crippen molar-refractivity contribution in [1.82, 2.24) is 5.32 Å². The normalized spacial score (nSPS) is 12.6. The van der Waals surface area contributed by atoms with Crippen LogP contribution in [0.25, 0.3) is 10.4 Å². The van der Waals surface area contributed by atoms with Gasteiger partial charge in [0.2, 0.25) is 0 Å². The van der Waals surface area contributed by atoms with Gasteiger partial charge < -0.3 is 5.32 Å². The highest BCUT2D eigenvalue weighted by Crippen LogP contribution is 2.33. The molecule has 0 aliphatic rings. The molecule has 1 N–H and O–H groups in total. The topological polar surface area (TPSA) is 12.0 Å². The minimum Gasteiger partial charge on any atom is -0.310 e. The van der Waals surface area contributed by atoms with E-state index < -0.39 is 0 Å². The van der Waals surface area contributed by atoms with E-state index in [-0.39, 0.29) is 11.9 Å². The third-order valence-corrected chi connectivity index (χ3v) is 4.22. The summed E-state index contributed by atoms with van der Waals surface area (Å²) < 4.78 is 13.5. The third-order valence-electron chi connectivity index (χ3n) is 3.19. The fourth-order valence-electron chi connectivity index (χ4n) is 2.17. The zero-order valence-electron chi connectivity index (χ0n) is 11.7. The van der Waals surface area contributed by atoms with Crippen LogP contribution in [0.15, 0.2) is 30.3 Å². The molecule has 1 heterocycles. The average Bonchev–Trinajstić information content (AvgIpc) is 2.82. The van der Waals surface area contributed by atoms with E-state index in [4.69, 9.17) is 0 Å². The lowest BCUT2D eigenvalue weighted by atomic mass is 10.00. The van der Waals surface area contributed by atoms with Crippen molar-refractivity contribution in [2.75, 3.05) is 6.54 Å². The van der Waals surface area contributed by atoms with Crippen LogP contribution in [-0.4, -0.2) is 6.54 Å². The molecule has 0 radical (unpaired) electrons. The van der Waals surface area contributed by atoms with Crippen LogP contribution in [0, 0.1) is 12.7 Å². The van der Waals surface area contributed by atoms with Gasteiger partial charge in [0.05, 0.1) is 0 Å². The van der Waals surface area contributed by atoms with Gasteiger partial charge in [0.15, 0.2) is 0 Å². The number of benzene rings is 1. The van der Waals surface area contributed by atoms with Crippen molar-refractivity contribution >= 4 is 11.3 Å². The highest BCUT2D eigenvalue weighted by molar-refractivity contribution is 7.15. The maximum Gasteiger partial charge on any atom is 0.123 e. The molecule has 1 nitrogen and oxygen atoms in total. The Morgan fingerprint density at radius 3 is 2.68 bits per heavy atom. The van der Waals surface area contributed by atoms with Crippen LogP contribution in [0.5, 0.6) is 0 Å². The molecule has 2 rings (SSSR count). The first-order chi connectivity index (χ1) is 9.11. The molecule has 1 unspecified atom stereocenters. The van der Waals surface area contributed by atoms with Crippen molar-refractivity contribution in [2.45, 2.75) is 33.2 Å². The summed E-state index contributed by atoms with van der Waals surface area (Å²) in [6, 6.07) is 9.48. The van der Waals surface area contributed by atoms with Crippen LogP contribution in [-0.2, 0) is 0 Å². The first-order valence-electron chi connectivity index (χ1n) is 6.71. The molecule has 0 bridgehead atoms. The molecule has 0 saturated heterocycles. The zero-order valence-corrected chi connectivity index (χ0v) is 12.5. The minimum absolute atomic E-state index is 0.174. The van der Waals surface area contributed by atoms with Gasteiger partial charge in [-0.15, -0.1) is 11.3 Å². The van der Waals surface area contributed by atoms with Crippen molar-refractivity contribution in [3.63, 3.8) is 0 Å². The summed E-state index contributed by atoms with van der Waals surface area (Å²) in [4.78, 5) is 2.39. The predicted octanol–water partition coefficient (Wildman–Crippen LogP) is 4.92. The fraction of sp³-hybridized carbons (Fsp3) is 0.375. The van der Waals surface area contributed by atoms with Crippen molar-refractivity contribution in [1.29, 1.82) is 0 Å². The van der Waals surface area contributed by atoms with Gasteiger partial charge in [-0.3, -0.25) is 0 Å². The third kappa shape index (κ3) is 3.43. The van der Waals surface area contributed by atoms with Gasteiger partial charge in [-0.25, -0.2) is 4.39 Å². The zero-order chi connectivity index (χ0) is 13.8. The molecular weight excluding hydrogens is 257 g/mol. The summed E-state index contributed by atoms with van der Waals surface area (Å²) in [7, 11) is 0. The Morgan fingerprint density at radius 1 is 1.26 bits per heavy atom. The Bertz CT molecular complexity index is 547. The van der Waals surface area contributed by atoms with Crippen molar-refractivity contribution < 1.29 is 4.39 Å². The molecule has 3 heteroatoms. The Hall–Kier alpha value is -1.19. The molecule has 1 aromatic heterocycles. The number of aryl methyl sites for hydroxylation is 1. The van der Waals surface area contributed by atoms with Gasteiger partial charge in [0.1, 0.15) is 5.82 Å². The van der Waals surface area contributed by atoms with Crippen molar-refractivity contribution in [3.05, 3.63) is 46.6 Å². The molecule has 1 aromatic carbocycles. The van der Waals surface area contributed by atoms with E-state index in [1.807, 2.05) is 6.07 Å². The van der Waals surface area contributed by atoms with Crippen LogP contribution in [0.3, 0.4) is 0 Å². The van der Waals surface area contributed by atoms with Crippen LogP contribution < -0.4 is 5.32 Å². The molecule has 0 aliphatic carbocycles. The summed E-state index contributed by atoms with van der Waals surface area (Å²) >= 11 is 1.71. The summed E-state index contributed by atoms with van der Waals surface area (Å²) in [5.74, 6) is -0.174. The second-order valence-corrected chi connectivity index (χ2v) is 6.11. The van der Waals surface area contributed by atoms with Gasteiger partial charge in [-0.1, -0.05) is 13.0 Å². The number of thiophene rings is 1. The summed E-state index contributed by atoms with van der Waals surface area (Å²) in [6.07, 6.45) is 1.10. The molecule has 0 aliphatic heterocycles. The summed E-state index contributed by atoms with van der Waals surface area (Å²) in [6.45, 7) is 7.33. The van der Waals surface area contributed by atoms with Crippen LogP contribution in [0.4, 0.5) is 4.39 Å². The van der Waals surface area contributed by atoms with Gasteiger partial charge in [0, 0.05) is 15.8 Å². The highest BCUT2D eigenvalue weighted by atomic mass is 32.1. The predicted molar refractivity (Wildman–Crippen MR) is 81.2 cm³/mol. The quantitative estimate of drug-likeness (QED) is 0.817. The first-order valence-corrected chi connectivity index (χ1v) is 7.53. The lowest BCUT2D eigenvalue weighted by Crippen LogP contribution is -2.19. The lowest BCUT2D eigenvalue weighted by Gasteiger charge is -2.17. The number of halogens is 1. The van der Waals surface area contributed by atoms with Crippen LogP contribution in [0.2, 0.25) is 0 Å². The van der Waals surface area contributed by atoms with Crippen molar-refractivity contribution in [2.24, 2.45) is 0 Å². The van der Waals surface area contributed by atoms with Crippen LogP contribution >= 0.6 is 11.3 Å².